The molecule has 11 heteroatoms. The Labute approximate surface area is 177 Å². The predicted molar refractivity (Wildman–Crippen MR) is 106 cm³/mol. The second-order valence-corrected chi connectivity index (χ2v) is 6.73. The normalized spacial score (nSPS) is 12.1. The highest BCUT2D eigenvalue weighted by molar-refractivity contribution is 5.98. The number of rotatable bonds is 10. The van der Waals surface area contributed by atoms with Gasteiger partial charge >= 0.3 is 0 Å². The Morgan fingerprint density at radius 1 is 1.16 bits per heavy atom. The number of aliphatic hydroxyl groups is 1. The van der Waals surface area contributed by atoms with Gasteiger partial charge in [0.05, 0.1) is 18.9 Å². The second-order valence-electron chi connectivity index (χ2n) is 6.73. The summed E-state index contributed by atoms with van der Waals surface area (Å²) in [5.41, 5.74) is 2.02. The van der Waals surface area contributed by atoms with E-state index in [-0.39, 0.29) is 31.9 Å². The third kappa shape index (κ3) is 6.51. The highest BCUT2D eigenvalue weighted by Gasteiger charge is 2.23. The lowest BCUT2D eigenvalue weighted by Crippen LogP contribution is -2.07. The van der Waals surface area contributed by atoms with Crippen LogP contribution in [0.2, 0.25) is 0 Å². The number of benzene rings is 1. The van der Waals surface area contributed by atoms with Crippen molar-refractivity contribution in [2.75, 3.05) is 6.61 Å². The van der Waals surface area contributed by atoms with E-state index in [0.717, 1.165) is 18.1 Å². The molecule has 1 aromatic carbocycles. The van der Waals surface area contributed by atoms with Crippen molar-refractivity contribution >= 4 is 5.71 Å². The molecule has 0 aliphatic heterocycles. The van der Waals surface area contributed by atoms with E-state index in [0.29, 0.717) is 17.4 Å². The lowest BCUT2D eigenvalue weighted by atomic mass is 10.1. The lowest BCUT2D eigenvalue weighted by Gasteiger charge is -2.10. The van der Waals surface area contributed by atoms with Crippen LogP contribution in [0.15, 0.2) is 47.8 Å². The van der Waals surface area contributed by atoms with E-state index in [2.05, 4.69) is 25.6 Å². The van der Waals surface area contributed by atoms with Crippen molar-refractivity contribution in [3.8, 4) is 5.88 Å². The fourth-order valence-electron chi connectivity index (χ4n) is 2.49. The molecule has 3 rings (SSSR count). The minimum absolute atomic E-state index is 0.0464. The number of nitrogens with zero attached hydrogens (tertiary/aromatic N) is 6. The van der Waals surface area contributed by atoms with Gasteiger partial charge in [0.2, 0.25) is 11.7 Å². The Morgan fingerprint density at radius 2 is 1.94 bits per heavy atom. The number of tetrazole rings is 1. The van der Waals surface area contributed by atoms with Crippen molar-refractivity contribution in [3.05, 3.63) is 65.1 Å². The van der Waals surface area contributed by atoms with Gasteiger partial charge in [-0.3, -0.25) is 0 Å². The van der Waals surface area contributed by atoms with Crippen LogP contribution < -0.4 is 4.74 Å². The average molecular weight is 432 g/mol. The molecular formula is C20H22F2N6O3. The third-order valence-corrected chi connectivity index (χ3v) is 4.19. The number of aliphatic hydroxyl groups excluding tert-OH is 1. The van der Waals surface area contributed by atoms with Crippen molar-refractivity contribution in [1.29, 1.82) is 0 Å². The van der Waals surface area contributed by atoms with Gasteiger partial charge in [-0.1, -0.05) is 29.4 Å². The molecule has 0 spiro atoms. The summed E-state index contributed by atoms with van der Waals surface area (Å²) in [6.45, 7) is 3.07. The van der Waals surface area contributed by atoms with Crippen molar-refractivity contribution in [3.63, 3.8) is 0 Å². The molecule has 2 heterocycles. The molecule has 0 atom stereocenters. The average Bonchev–Trinajstić information content (AvgIpc) is 3.20. The highest BCUT2D eigenvalue weighted by Crippen LogP contribution is 2.26. The van der Waals surface area contributed by atoms with Crippen LogP contribution in [-0.2, 0) is 30.5 Å². The summed E-state index contributed by atoms with van der Waals surface area (Å²) in [5, 5.41) is 24.5. The fraction of sp³-hybridized carbons (Fsp3) is 0.350. The Balaban J connectivity index is 1.49. The van der Waals surface area contributed by atoms with Gasteiger partial charge in [0.15, 0.2) is 6.61 Å². The first-order valence-corrected chi connectivity index (χ1v) is 9.45. The Kier molecular flexibility index (Phi) is 7.19. The summed E-state index contributed by atoms with van der Waals surface area (Å²) < 4.78 is 32.0. The minimum Gasteiger partial charge on any atom is -0.469 e. The highest BCUT2D eigenvalue weighted by atomic mass is 19.3. The van der Waals surface area contributed by atoms with Crippen LogP contribution >= 0.6 is 0 Å². The Hall–Kier alpha value is -3.47. The maximum atomic E-state index is 13.2. The number of ether oxygens (including phenoxy) is 1. The van der Waals surface area contributed by atoms with Gasteiger partial charge < -0.3 is 14.7 Å². The van der Waals surface area contributed by atoms with Gasteiger partial charge in [-0.25, -0.2) is 13.8 Å². The van der Waals surface area contributed by atoms with E-state index in [4.69, 9.17) is 14.7 Å². The van der Waals surface area contributed by atoms with Gasteiger partial charge in [-0.05, 0) is 23.8 Å². The summed E-state index contributed by atoms with van der Waals surface area (Å²) >= 11 is 0. The van der Waals surface area contributed by atoms with Crippen LogP contribution in [0.4, 0.5) is 8.78 Å². The van der Waals surface area contributed by atoms with Gasteiger partial charge in [0, 0.05) is 30.3 Å². The first kappa shape index (κ1) is 22.2. The number of oxime groups is 1. The summed E-state index contributed by atoms with van der Waals surface area (Å²) in [5.74, 6) is -2.11. The van der Waals surface area contributed by atoms with Crippen LogP contribution in [0.5, 0.6) is 5.88 Å². The van der Waals surface area contributed by atoms with Crippen LogP contribution in [0, 0.1) is 0 Å². The zero-order valence-corrected chi connectivity index (χ0v) is 17.1. The quantitative estimate of drug-likeness (QED) is 0.388. The smallest absolute Gasteiger partial charge is 0.270 e. The molecule has 0 saturated carbocycles. The van der Waals surface area contributed by atoms with E-state index in [9.17, 15) is 8.78 Å². The topological polar surface area (TPSA) is 108 Å². The van der Waals surface area contributed by atoms with Crippen molar-refractivity contribution in [2.24, 2.45) is 5.16 Å². The predicted octanol–water partition coefficient (Wildman–Crippen LogP) is 2.69. The fourth-order valence-corrected chi connectivity index (χ4v) is 2.49. The second kappa shape index (κ2) is 10.0. The molecular weight excluding hydrogens is 410 g/mol. The zero-order valence-electron chi connectivity index (χ0n) is 17.1. The molecule has 3 aromatic rings. The first-order valence-electron chi connectivity index (χ1n) is 9.45. The minimum atomic E-state index is -2.87. The summed E-state index contributed by atoms with van der Waals surface area (Å²) in [6, 6.07) is 9.38. The number of halogens is 2. The van der Waals surface area contributed by atoms with E-state index < -0.39 is 5.92 Å². The maximum absolute atomic E-state index is 13.2. The Morgan fingerprint density at radius 3 is 2.58 bits per heavy atom. The molecule has 0 bridgehead atoms. The van der Waals surface area contributed by atoms with Crippen molar-refractivity contribution < 1.29 is 23.5 Å². The first-order chi connectivity index (χ1) is 14.8. The maximum Gasteiger partial charge on any atom is 0.270 e. The van der Waals surface area contributed by atoms with Gasteiger partial charge in [0.25, 0.3) is 5.92 Å². The molecule has 0 fully saturated rings. The largest absolute Gasteiger partial charge is 0.469 e. The van der Waals surface area contributed by atoms with Crippen LogP contribution in [-0.4, -0.2) is 42.6 Å². The number of hydrogen-bond acceptors (Lipinski definition) is 8. The van der Waals surface area contributed by atoms with Crippen molar-refractivity contribution in [2.45, 2.75) is 39.5 Å². The van der Waals surface area contributed by atoms with E-state index in [1.165, 1.54) is 16.9 Å². The lowest BCUT2D eigenvalue weighted by molar-refractivity contribution is 0.0174. The summed E-state index contributed by atoms with van der Waals surface area (Å²) in [4.78, 5) is 10.8. The molecule has 164 valence electrons. The monoisotopic (exact) mass is 432 g/mol. The van der Waals surface area contributed by atoms with Gasteiger partial charge in [-0.15, -0.1) is 10.2 Å². The van der Waals surface area contributed by atoms with Crippen LogP contribution in [0.3, 0.4) is 0 Å². The van der Waals surface area contributed by atoms with Crippen LogP contribution in [0.1, 0.15) is 36.4 Å². The molecule has 0 aliphatic rings. The van der Waals surface area contributed by atoms with E-state index >= 15 is 0 Å². The number of hydrogen-bond donors (Lipinski definition) is 1. The summed E-state index contributed by atoms with van der Waals surface area (Å²) in [6.07, 6.45) is 1.59. The van der Waals surface area contributed by atoms with Gasteiger partial charge in [0.1, 0.15) is 6.61 Å². The van der Waals surface area contributed by atoms with E-state index in [1.54, 1.807) is 37.4 Å². The summed E-state index contributed by atoms with van der Waals surface area (Å²) in [7, 11) is 0. The molecule has 0 unspecified atom stereocenters. The molecule has 0 saturated heterocycles. The molecule has 31 heavy (non-hydrogen) atoms. The standard InChI is InChI=1S/C20H22F2N6O3/c1-14(26-31-12-15-3-6-17(7-4-15)20(2,21)22)16-5-8-19(23-11-16)30-13-18-24-27-28(25-18)9-10-29/h3-8,11,29H,9-10,12-13H2,1-2H3. The van der Waals surface area contributed by atoms with Crippen LogP contribution in [0.25, 0.3) is 0 Å². The Bertz CT molecular complexity index is 1000. The molecule has 0 aliphatic carbocycles. The van der Waals surface area contributed by atoms with Crippen molar-refractivity contribution in [1.82, 2.24) is 25.2 Å². The number of aromatic nitrogens is 5. The van der Waals surface area contributed by atoms with Gasteiger partial charge in [-0.2, -0.15) is 4.80 Å². The zero-order chi connectivity index (χ0) is 22.3. The molecule has 0 radical (unpaired) electrons. The SMILES string of the molecule is CC(=NOCc1ccc(C(C)(F)F)cc1)c1ccc(OCc2nnn(CCO)n2)nc1. The van der Waals surface area contributed by atoms with E-state index in [1.807, 2.05) is 0 Å². The number of alkyl halides is 2. The molecule has 0 amide bonds. The molecule has 9 nitrogen and oxygen atoms in total. The molecule has 1 N–H and O–H groups in total. The number of pyridine rings is 1. The third-order valence-electron chi connectivity index (χ3n) is 4.19. The molecule has 2 aromatic heterocycles.